The molecule has 0 atom stereocenters. The normalized spacial score (nSPS) is 11.2. The second-order valence-corrected chi connectivity index (χ2v) is 5.39. The molecule has 0 saturated heterocycles. The van der Waals surface area contributed by atoms with Crippen LogP contribution in [0.2, 0.25) is 0 Å². The molecule has 20 heavy (non-hydrogen) atoms. The molecule has 1 N–H and O–H groups in total. The maximum absolute atomic E-state index is 5.60. The summed E-state index contributed by atoms with van der Waals surface area (Å²) in [5.41, 5.74) is 0.904. The number of nitrogens with zero attached hydrogens (tertiary/aromatic N) is 2. The van der Waals surface area contributed by atoms with Gasteiger partial charge in [-0.1, -0.05) is 0 Å². The Morgan fingerprint density at radius 2 is 1.85 bits per heavy atom. The van der Waals surface area contributed by atoms with Gasteiger partial charge in [-0.2, -0.15) is 4.98 Å². The van der Waals surface area contributed by atoms with Crippen molar-refractivity contribution in [3.05, 3.63) is 11.8 Å². The molecule has 0 aliphatic carbocycles. The number of ether oxygens (including phenoxy) is 2. The summed E-state index contributed by atoms with van der Waals surface area (Å²) in [6.45, 7) is 11.7. The predicted molar refractivity (Wildman–Crippen MR) is 81.3 cm³/mol. The van der Waals surface area contributed by atoms with Crippen LogP contribution in [0.4, 0.5) is 5.95 Å². The molecule has 0 aliphatic rings. The van der Waals surface area contributed by atoms with Crippen molar-refractivity contribution in [3.8, 4) is 5.88 Å². The SMILES string of the molecule is Cc1cc(OC(C)C)nc(NCCCCOC(C)C)n1. The van der Waals surface area contributed by atoms with Crippen LogP contribution < -0.4 is 10.1 Å². The van der Waals surface area contributed by atoms with Crippen molar-refractivity contribution in [3.63, 3.8) is 0 Å². The minimum absolute atomic E-state index is 0.116. The number of hydrogen-bond donors (Lipinski definition) is 1. The lowest BCUT2D eigenvalue weighted by atomic mass is 10.3. The van der Waals surface area contributed by atoms with E-state index in [4.69, 9.17) is 9.47 Å². The molecule has 0 spiro atoms. The highest BCUT2D eigenvalue weighted by atomic mass is 16.5. The van der Waals surface area contributed by atoms with Crippen LogP contribution >= 0.6 is 0 Å². The molecule has 5 heteroatoms. The van der Waals surface area contributed by atoms with Gasteiger partial charge in [0.15, 0.2) is 0 Å². The lowest BCUT2D eigenvalue weighted by molar-refractivity contribution is 0.0765. The van der Waals surface area contributed by atoms with Gasteiger partial charge in [-0.3, -0.25) is 0 Å². The molecule has 1 aromatic heterocycles. The largest absolute Gasteiger partial charge is 0.475 e. The number of unbranched alkanes of at least 4 members (excludes halogenated alkanes) is 1. The van der Waals surface area contributed by atoms with Crippen molar-refractivity contribution in [2.45, 2.75) is 59.7 Å². The zero-order chi connectivity index (χ0) is 15.0. The van der Waals surface area contributed by atoms with Crippen molar-refractivity contribution >= 4 is 5.95 Å². The first-order valence-electron chi connectivity index (χ1n) is 7.35. The third-order valence-corrected chi connectivity index (χ3v) is 2.49. The van der Waals surface area contributed by atoms with Gasteiger partial charge >= 0.3 is 0 Å². The average Bonchev–Trinajstić information content (AvgIpc) is 2.31. The van der Waals surface area contributed by atoms with Gasteiger partial charge in [0.25, 0.3) is 0 Å². The molecule has 0 fully saturated rings. The summed E-state index contributed by atoms with van der Waals surface area (Å²) in [5.74, 6) is 1.25. The van der Waals surface area contributed by atoms with Crippen molar-refractivity contribution in [1.82, 2.24) is 9.97 Å². The summed E-state index contributed by atoms with van der Waals surface area (Å²) in [5, 5.41) is 3.23. The minimum Gasteiger partial charge on any atom is -0.475 e. The summed E-state index contributed by atoms with van der Waals surface area (Å²) in [6.07, 6.45) is 2.49. The molecule has 1 heterocycles. The average molecular weight is 281 g/mol. The van der Waals surface area contributed by atoms with Gasteiger partial charge in [0.1, 0.15) is 0 Å². The first kappa shape index (κ1) is 16.7. The van der Waals surface area contributed by atoms with Gasteiger partial charge in [0.05, 0.1) is 12.2 Å². The van der Waals surface area contributed by atoms with E-state index in [1.165, 1.54) is 0 Å². The zero-order valence-corrected chi connectivity index (χ0v) is 13.3. The smallest absolute Gasteiger partial charge is 0.226 e. The Kier molecular flexibility index (Phi) is 7.30. The Labute approximate surface area is 122 Å². The molecule has 114 valence electrons. The summed E-state index contributed by atoms with van der Waals surface area (Å²) >= 11 is 0. The molecule has 1 aromatic rings. The lowest BCUT2D eigenvalue weighted by Gasteiger charge is -2.11. The maximum atomic E-state index is 5.60. The van der Waals surface area contributed by atoms with Crippen LogP contribution in [0.1, 0.15) is 46.2 Å². The number of anilines is 1. The van der Waals surface area contributed by atoms with Gasteiger partial charge in [0, 0.05) is 24.9 Å². The van der Waals surface area contributed by atoms with E-state index in [0.717, 1.165) is 31.7 Å². The monoisotopic (exact) mass is 281 g/mol. The van der Waals surface area contributed by atoms with E-state index in [0.29, 0.717) is 17.9 Å². The van der Waals surface area contributed by atoms with Crippen LogP contribution in [0.15, 0.2) is 6.07 Å². The lowest BCUT2D eigenvalue weighted by Crippen LogP contribution is -2.11. The first-order valence-corrected chi connectivity index (χ1v) is 7.35. The van der Waals surface area contributed by atoms with Gasteiger partial charge in [0.2, 0.25) is 11.8 Å². The Hall–Kier alpha value is -1.36. The molecule has 0 bridgehead atoms. The minimum atomic E-state index is 0.116. The molecule has 0 aliphatic heterocycles. The standard InChI is InChI=1S/C15H27N3O2/c1-11(2)19-9-7-6-8-16-15-17-13(5)10-14(18-15)20-12(3)4/h10-12H,6-9H2,1-5H3,(H,16,17,18). The molecule has 0 aromatic carbocycles. The van der Waals surface area contributed by atoms with Crippen LogP contribution in [0.5, 0.6) is 5.88 Å². The highest BCUT2D eigenvalue weighted by Gasteiger charge is 2.04. The first-order chi connectivity index (χ1) is 9.47. The number of nitrogens with one attached hydrogen (secondary N) is 1. The molecule has 1 rings (SSSR count). The predicted octanol–water partition coefficient (Wildman–Crippen LogP) is 3.19. The van der Waals surface area contributed by atoms with Crippen molar-refractivity contribution in [1.29, 1.82) is 0 Å². The van der Waals surface area contributed by atoms with Crippen molar-refractivity contribution in [2.24, 2.45) is 0 Å². The van der Waals surface area contributed by atoms with Crippen molar-refractivity contribution in [2.75, 3.05) is 18.5 Å². The molecule has 0 radical (unpaired) electrons. The van der Waals surface area contributed by atoms with Crippen LogP contribution in [-0.4, -0.2) is 35.3 Å². The van der Waals surface area contributed by atoms with E-state index >= 15 is 0 Å². The van der Waals surface area contributed by atoms with Gasteiger partial charge in [-0.05, 0) is 47.5 Å². The highest BCUT2D eigenvalue weighted by Crippen LogP contribution is 2.13. The van der Waals surface area contributed by atoms with Gasteiger partial charge in [-0.25, -0.2) is 4.98 Å². The third kappa shape index (κ3) is 7.28. The number of aryl methyl sites for hydroxylation is 1. The fourth-order valence-electron chi connectivity index (χ4n) is 1.67. The molecule has 5 nitrogen and oxygen atoms in total. The molecule has 0 saturated carbocycles. The van der Waals surface area contributed by atoms with Gasteiger partial charge < -0.3 is 14.8 Å². The second kappa shape index (κ2) is 8.74. The number of hydrogen-bond acceptors (Lipinski definition) is 5. The number of aromatic nitrogens is 2. The molecule has 0 unspecified atom stereocenters. The Morgan fingerprint density at radius 3 is 2.50 bits per heavy atom. The van der Waals surface area contributed by atoms with Gasteiger partial charge in [-0.15, -0.1) is 0 Å². The Morgan fingerprint density at radius 1 is 1.10 bits per heavy atom. The Bertz CT molecular complexity index is 395. The molecular formula is C15H27N3O2. The zero-order valence-electron chi connectivity index (χ0n) is 13.3. The molecular weight excluding hydrogens is 254 g/mol. The number of rotatable bonds is 9. The van der Waals surface area contributed by atoms with E-state index in [2.05, 4.69) is 29.1 Å². The van der Waals surface area contributed by atoms with E-state index < -0.39 is 0 Å². The highest BCUT2D eigenvalue weighted by molar-refractivity contribution is 5.30. The van der Waals surface area contributed by atoms with E-state index in [1.807, 2.05) is 26.8 Å². The molecule has 0 amide bonds. The third-order valence-electron chi connectivity index (χ3n) is 2.49. The second-order valence-electron chi connectivity index (χ2n) is 5.39. The van der Waals surface area contributed by atoms with E-state index in [1.54, 1.807) is 0 Å². The van der Waals surface area contributed by atoms with E-state index in [-0.39, 0.29) is 6.10 Å². The summed E-state index contributed by atoms with van der Waals surface area (Å²) < 4.78 is 11.1. The Balaban J connectivity index is 2.34. The summed E-state index contributed by atoms with van der Waals surface area (Å²) in [4.78, 5) is 8.70. The quantitative estimate of drug-likeness (QED) is 0.704. The van der Waals surface area contributed by atoms with Crippen LogP contribution in [0, 0.1) is 6.92 Å². The fraction of sp³-hybridized carbons (Fsp3) is 0.733. The summed E-state index contributed by atoms with van der Waals surface area (Å²) in [6, 6.07) is 1.85. The van der Waals surface area contributed by atoms with E-state index in [9.17, 15) is 0 Å². The topological polar surface area (TPSA) is 56.3 Å². The van der Waals surface area contributed by atoms with Crippen LogP contribution in [0.3, 0.4) is 0 Å². The maximum Gasteiger partial charge on any atom is 0.226 e. The summed E-state index contributed by atoms with van der Waals surface area (Å²) in [7, 11) is 0. The van der Waals surface area contributed by atoms with Crippen molar-refractivity contribution < 1.29 is 9.47 Å². The van der Waals surface area contributed by atoms with Crippen LogP contribution in [0.25, 0.3) is 0 Å². The fourth-order valence-corrected chi connectivity index (χ4v) is 1.67. The van der Waals surface area contributed by atoms with Crippen LogP contribution in [-0.2, 0) is 4.74 Å².